The number of imidazole rings is 1. The second kappa shape index (κ2) is 4.54. The van der Waals surface area contributed by atoms with Crippen LogP contribution in [0.4, 0.5) is 4.79 Å². The number of amides is 2. The van der Waals surface area contributed by atoms with Gasteiger partial charge in [-0.05, 0) is 24.7 Å². The molecule has 0 radical (unpaired) electrons. The minimum Gasteiger partial charge on any atom is -0.348 e. The van der Waals surface area contributed by atoms with Crippen LogP contribution < -0.4 is 5.32 Å². The van der Waals surface area contributed by atoms with E-state index in [9.17, 15) is 4.79 Å². The van der Waals surface area contributed by atoms with Crippen molar-refractivity contribution in [3.63, 3.8) is 0 Å². The Labute approximate surface area is 113 Å². The number of hydrogen-bond donors (Lipinski definition) is 2. The summed E-state index contributed by atoms with van der Waals surface area (Å²) >= 11 is 0. The van der Waals surface area contributed by atoms with Gasteiger partial charge in [-0.2, -0.15) is 0 Å². The van der Waals surface area contributed by atoms with Crippen molar-refractivity contribution in [3.05, 3.63) is 18.2 Å². The maximum atomic E-state index is 12.1. The number of aromatic amines is 1. The molecule has 1 unspecified atom stereocenters. The van der Waals surface area contributed by atoms with Gasteiger partial charge < -0.3 is 15.2 Å². The number of likely N-dealkylation sites (tertiary alicyclic amines) is 1. The summed E-state index contributed by atoms with van der Waals surface area (Å²) in [5, 5.41) is 3.13. The van der Waals surface area contributed by atoms with E-state index < -0.39 is 0 Å². The number of aromatic nitrogens is 2. The predicted octanol–water partition coefficient (Wildman–Crippen LogP) is 2.10. The molecule has 1 aromatic rings. The van der Waals surface area contributed by atoms with E-state index in [2.05, 4.69) is 29.1 Å². The van der Waals surface area contributed by atoms with Gasteiger partial charge in [0.05, 0.1) is 6.33 Å². The molecule has 0 bridgehead atoms. The largest absolute Gasteiger partial charge is 0.348 e. The maximum absolute atomic E-state index is 12.1. The van der Waals surface area contributed by atoms with Crippen molar-refractivity contribution in [2.24, 2.45) is 5.41 Å². The quantitative estimate of drug-likeness (QED) is 0.857. The highest BCUT2D eigenvalue weighted by Crippen LogP contribution is 2.44. The zero-order chi connectivity index (χ0) is 13.5. The van der Waals surface area contributed by atoms with Gasteiger partial charge in [0.15, 0.2) is 0 Å². The monoisotopic (exact) mass is 262 g/mol. The number of H-pyrrole nitrogens is 1. The highest BCUT2D eigenvalue weighted by molar-refractivity contribution is 5.75. The lowest BCUT2D eigenvalue weighted by molar-refractivity contribution is 0.179. The summed E-state index contributed by atoms with van der Waals surface area (Å²) < 4.78 is 0. The lowest BCUT2D eigenvalue weighted by atomic mass is 9.94. The first-order valence-electron chi connectivity index (χ1n) is 7.10. The summed E-state index contributed by atoms with van der Waals surface area (Å²) in [6.07, 6.45) is 6.76. The van der Waals surface area contributed by atoms with Crippen LogP contribution in [0, 0.1) is 5.41 Å². The highest BCUT2D eigenvalue weighted by atomic mass is 16.2. The molecule has 2 N–H and O–H groups in total. The molecule has 0 spiro atoms. The zero-order valence-electron chi connectivity index (χ0n) is 11.6. The molecule has 0 aromatic carbocycles. The van der Waals surface area contributed by atoms with E-state index in [0.29, 0.717) is 17.4 Å². The predicted molar refractivity (Wildman–Crippen MR) is 72.9 cm³/mol. The zero-order valence-corrected chi connectivity index (χ0v) is 11.6. The number of hydrogen-bond acceptors (Lipinski definition) is 2. The van der Waals surface area contributed by atoms with E-state index in [1.54, 1.807) is 6.33 Å². The first kappa shape index (κ1) is 12.5. The first-order valence-corrected chi connectivity index (χ1v) is 7.10. The maximum Gasteiger partial charge on any atom is 0.317 e. The molecule has 19 heavy (non-hydrogen) atoms. The molecular formula is C14H22N4O. The second-order valence-electron chi connectivity index (χ2n) is 6.46. The van der Waals surface area contributed by atoms with Gasteiger partial charge in [0, 0.05) is 36.9 Å². The van der Waals surface area contributed by atoms with Gasteiger partial charge in [-0.1, -0.05) is 13.8 Å². The number of rotatable bonds is 2. The normalized spacial score (nSPS) is 26.2. The lowest BCUT2D eigenvalue weighted by Gasteiger charge is -2.31. The standard InChI is InChI=1S/C14H22N4O/c1-14(2)7-12(14)17-13(19)18-5-3-10(4-6-18)11-8-15-9-16-11/h8-10,12H,3-7H2,1-2H3,(H,15,16)(H,17,19). The summed E-state index contributed by atoms with van der Waals surface area (Å²) in [4.78, 5) is 21.3. The molecule has 5 heteroatoms. The van der Waals surface area contributed by atoms with Crippen LogP contribution in [0.1, 0.15) is 44.7 Å². The van der Waals surface area contributed by atoms with Crippen molar-refractivity contribution in [1.82, 2.24) is 20.2 Å². The minimum atomic E-state index is 0.110. The fraction of sp³-hybridized carbons (Fsp3) is 0.714. The number of urea groups is 1. The van der Waals surface area contributed by atoms with Crippen LogP contribution in [0.25, 0.3) is 0 Å². The summed E-state index contributed by atoms with van der Waals surface area (Å²) in [5.41, 5.74) is 1.49. The molecule has 1 aromatic heterocycles. The van der Waals surface area contributed by atoms with Crippen molar-refractivity contribution in [2.45, 2.75) is 45.1 Å². The van der Waals surface area contributed by atoms with Gasteiger partial charge in [0.2, 0.25) is 0 Å². The number of carbonyl (C=O) groups excluding carboxylic acids is 1. The minimum absolute atomic E-state index is 0.110. The fourth-order valence-electron chi connectivity index (χ4n) is 2.84. The van der Waals surface area contributed by atoms with Gasteiger partial charge in [-0.25, -0.2) is 9.78 Å². The number of nitrogens with one attached hydrogen (secondary N) is 2. The first-order chi connectivity index (χ1) is 9.06. The SMILES string of the molecule is CC1(C)CC1NC(=O)N1CCC(c2cnc[nH]2)CC1. The Balaban J connectivity index is 1.49. The summed E-state index contributed by atoms with van der Waals surface area (Å²) in [6.45, 7) is 6.07. The Morgan fingerprint density at radius 3 is 2.68 bits per heavy atom. The van der Waals surface area contributed by atoms with Crippen LogP contribution >= 0.6 is 0 Å². The molecule has 2 heterocycles. The number of nitrogens with zero attached hydrogens (tertiary/aromatic N) is 2. The molecular weight excluding hydrogens is 240 g/mol. The molecule has 2 fully saturated rings. The number of piperidine rings is 1. The lowest BCUT2D eigenvalue weighted by Crippen LogP contribution is -2.45. The molecule has 1 atom stereocenters. The van der Waals surface area contributed by atoms with Crippen LogP contribution in [0.2, 0.25) is 0 Å². The second-order valence-corrected chi connectivity index (χ2v) is 6.46. The smallest absolute Gasteiger partial charge is 0.317 e. The Kier molecular flexibility index (Phi) is 2.99. The van der Waals surface area contributed by atoms with Crippen LogP contribution in [-0.4, -0.2) is 40.0 Å². The molecule has 1 aliphatic carbocycles. The van der Waals surface area contributed by atoms with Gasteiger partial charge in [0.25, 0.3) is 0 Å². The Morgan fingerprint density at radius 2 is 2.16 bits per heavy atom. The van der Waals surface area contributed by atoms with Gasteiger partial charge in [0.1, 0.15) is 0 Å². The third kappa shape index (κ3) is 2.60. The third-order valence-electron chi connectivity index (χ3n) is 4.55. The molecule has 1 saturated heterocycles. The molecule has 104 valence electrons. The van der Waals surface area contributed by atoms with Crippen molar-refractivity contribution < 1.29 is 4.79 Å². The topological polar surface area (TPSA) is 61.0 Å². The average Bonchev–Trinajstić information content (AvgIpc) is 2.85. The van der Waals surface area contributed by atoms with E-state index in [1.807, 2.05) is 11.1 Å². The summed E-state index contributed by atoms with van der Waals surface area (Å²) in [7, 11) is 0. The Bertz CT molecular complexity index is 446. The third-order valence-corrected chi connectivity index (χ3v) is 4.55. The fourth-order valence-corrected chi connectivity index (χ4v) is 2.84. The van der Waals surface area contributed by atoms with E-state index in [4.69, 9.17) is 0 Å². The summed E-state index contributed by atoms with van der Waals surface area (Å²) in [5.74, 6) is 0.518. The van der Waals surface area contributed by atoms with Gasteiger partial charge in [-0.15, -0.1) is 0 Å². The highest BCUT2D eigenvalue weighted by Gasteiger charge is 2.47. The van der Waals surface area contributed by atoms with Crippen LogP contribution in [0.5, 0.6) is 0 Å². The van der Waals surface area contributed by atoms with Gasteiger partial charge in [-0.3, -0.25) is 0 Å². The van der Waals surface area contributed by atoms with Crippen molar-refractivity contribution in [3.8, 4) is 0 Å². The van der Waals surface area contributed by atoms with Crippen LogP contribution in [0.15, 0.2) is 12.5 Å². The number of carbonyl (C=O) groups is 1. The van der Waals surface area contributed by atoms with Crippen LogP contribution in [-0.2, 0) is 0 Å². The molecule has 2 aliphatic rings. The molecule has 1 aliphatic heterocycles. The van der Waals surface area contributed by atoms with Crippen molar-refractivity contribution in [2.75, 3.05) is 13.1 Å². The van der Waals surface area contributed by atoms with Crippen molar-refractivity contribution >= 4 is 6.03 Å². The molecule has 2 amide bonds. The average molecular weight is 262 g/mol. The van der Waals surface area contributed by atoms with Crippen LogP contribution in [0.3, 0.4) is 0 Å². The van der Waals surface area contributed by atoms with E-state index in [1.165, 1.54) is 5.69 Å². The van der Waals surface area contributed by atoms with E-state index in [0.717, 1.165) is 32.4 Å². The van der Waals surface area contributed by atoms with E-state index >= 15 is 0 Å². The molecule has 1 saturated carbocycles. The molecule has 3 rings (SSSR count). The summed E-state index contributed by atoms with van der Waals surface area (Å²) in [6, 6.07) is 0.476. The van der Waals surface area contributed by atoms with Crippen molar-refractivity contribution in [1.29, 1.82) is 0 Å². The Hall–Kier alpha value is -1.52. The van der Waals surface area contributed by atoms with Gasteiger partial charge >= 0.3 is 6.03 Å². The van der Waals surface area contributed by atoms with E-state index in [-0.39, 0.29) is 6.03 Å². The molecule has 5 nitrogen and oxygen atoms in total. The Morgan fingerprint density at radius 1 is 1.47 bits per heavy atom.